The second-order valence-electron chi connectivity index (χ2n) is 4.08. The Hall–Kier alpha value is -2.67. The van der Waals surface area contributed by atoms with Gasteiger partial charge in [0.25, 0.3) is 0 Å². The summed E-state index contributed by atoms with van der Waals surface area (Å²) < 4.78 is 0. The zero-order valence-electron chi connectivity index (χ0n) is 10.3. The van der Waals surface area contributed by atoms with E-state index in [1.807, 2.05) is 36.4 Å². The van der Waals surface area contributed by atoms with Crippen molar-refractivity contribution >= 4 is 11.7 Å². The lowest BCUT2D eigenvalue weighted by atomic mass is 10.00. The lowest BCUT2D eigenvalue weighted by Crippen LogP contribution is -2.23. The quantitative estimate of drug-likeness (QED) is 0.907. The second-order valence-corrected chi connectivity index (χ2v) is 4.08. The third-order valence-electron chi connectivity index (χ3n) is 2.67. The molecule has 1 amide bonds. The average Bonchev–Trinajstić information content (AvgIpc) is 2.47. The first-order chi connectivity index (χ1) is 9.29. The van der Waals surface area contributed by atoms with E-state index < -0.39 is 5.92 Å². The molecule has 0 bridgehead atoms. The van der Waals surface area contributed by atoms with Gasteiger partial charge in [-0.05, 0) is 24.1 Å². The third-order valence-corrected chi connectivity index (χ3v) is 2.67. The predicted molar refractivity (Wildman–Crippen MR) is 72.1 cm³/mol. The van der Waals surface area contributed by atoms with Crippen LogP contribution in [-0.4, -0.2) is 10.9 Å². The van der Waals surface area contributed by atoms with Gasteiger partial charge in [-0.3, -0.25) is 4.79 Å². The van der Waals surface area contributed by atoms with E-state index in [0.717, 1.165) is 5.56 Å². The van der Waals surface area contributed by atoms with Crippen LogP contribution in [0.5, 0.6) is 0 Å². The molecular weight excluding hydrogens is 238 g/mol. The van der Waals surface area contributed by atoms with Gasteiger partial charge in [0.2, 0.25) is 5.91 Å². The molecule has 4 nitrogen and oxygen atoms in total. The van der Waals surface area contributed by atoms with Gasteiger partial charge in [-0.15, -0.1) is 0 Å². The third kappa shape index (κ3) is 3.65. The highest BCUT2D eigenvalue weighted by Crippen LogP contribution is 2.10. The van der Waals surface area contributed by atoms with Gasteiger partial charge in [-0.25, -0.2) is 4.98 Å². The van der Waals surface area contributed by atoms with Crippen molar-refractivity contribution in [3.05, 3.63) is 60.3 Å². The van der Waals surface area contributed by atoms with Gasteiger partial charge in [0.15, 0.2) is 0 Å². The van der Waals surface area contributed by atoms with Gasteiger partial charge in [0.05, 0.1) is 6.07 Å². The highest BCUT2D eigenvalue weighted by molar-refractivity contribution is 5.93. The Bertz CT molecular complexity index is 575. The van der Waals surface area contributed by atoms with Crippen molar-refractivity contribution in [2.24, 2.45) is 5.92 Å². The van der Waals surface area contributed by atoms with Crippen LogP contribution in [0, 0.1) is 17.2 Å². The number of hydrogen-bond acceptors (Lipinski definition) is 3. The van der Waals surface area contributed by atoms with Gasteiger partial charge in [-0.2, -0.15) is 5.26 Å². The molecule has 0 spiro atoms. The maximum Gasteiger partial charge on any atom is 0.243 e. The van der Waals surface area contributed by atoms with Crippen molar-refractivity contribution in [2.75, 3.05) is 5.32 Å². The Kier molecular flexibility index (Phi) is 4.25. The molecule has 2 rings (SSSR count). The van der Waals surface area contributed by atoms with Gasteiger partial charge in [-0.1, -0.05) is 36.4 Å². The lowest BCUT2D eigenvalue weighted by Gasteiger charge is -2.09. The van der Waals surface area contributed by atoms with Crippen molar-refractivity contribution in [3.63, 3.8) is 0 Å². The van der Waals surface area contributed by atoms with E-state index in [-0.39, 0.29) is 5.91 Å². The molecule has 0 aliphatic carbocycles. The minimum absolute atomic E-state index is 0.329. The van der Waals surface area contributed by atoms with Crippen LogP contribution in [0.3, 0.4) is 0 Å². The Morgan fingerprint density at radius 2 is 1.95 bits per heavy atom. The summed E-state index contributed by atoms with van der Waals surface area (Å²) in [5.41, 5.74) is 0.963. The number of aromatic nitrogens is 1. The second kappa shape index (κ2) is 6.31. The summed E-state index contributed by atoms with van der Waals surface area (Å²) in [4.78, 5) is 16.0. The molecule has 0 saturated heterocycles. The number of carbonyl (C=O) groups excluding carboxylic acids is 1. The summed E-state index contributed by atoms with van der Waals surface area (Å²) in [6.07, 6.45) is 1.99. The summed E-state index contributed by atoms with van der Waals surface area (Å²) in [5, 5.41) is 11.7. The molecule has 94 valence electrons. The number of pyridine rings is 1. The zero-order valence-corrected chi connectivity index (χ0v) is 10.3. The fraction of sp³-hybridized carbons (Fsp3) is 0.133. The lowest BCUT2D eigenvalue weighted by molar-refractivity contribution is -0.118. The van der Waals surface area contributed by atoms with E-state index in [9.17, 15) is 4.79 Å². The van der Waals surface area contributed by atoms with Crippen molar-refractivity contribution in [1.82, 2.24) is 4.98 Å². The van der Waals surface area contributed by atoms with Crippen LogP contribution in [0.4, 0.5) is 5.82 Å². The highest BCUT2D eigenvalue weighted by Gasteiger charge is 2.18. The van der Waals surface area contributed by atoms with Crippen LogP contribution in [0.15, 0.2) is 54.7 Å². The van der Waals surface area contributed by atoms with E-state index >= 15 is 0 Å². The molecule has 1 heterocycles. The molecule has 1 N–H and O–H groups in total. The van der Waals surface area contributed by atoms with Crippen LogP contribution in [-0.2, 0) is 11.2 Å². The Balaban J connectivity index is 2.02. The molecular formula is C15H13N3O. The normalized spacial score (nSPS) is 11.3. The molecule has 0 aliphatic heterocycles. The largest absolute Gasteiger partial charge is 0.310 e. The molecule has 1 aromatic heterocycles. The van der Waals surface area contributed by atoms with E-state index in [1.54, 1.807) is 24.4 Å². The molecule has 4 heteroatoms. The molecule has 0 fully saturated rings. The van der Waals surface area contributed by atoms with E-state index in [2.05, 4.69) is 10.3 Å². The van der Waals surface area contributed by atoms with Gasteiger partial charge in [0.1, 0.15) is 11.7 Å². The van der Waals surface area contributed by atoms with Crippen LogP contribution >= 0.6 is 0 Å². The molecule has 0 aliphatic rings. The topological polar surface area (TPSA) is 65.8 Å². The molecule has 0 radical (unpaired) electrons. The molecule has 1 atom stereocenters. The van der Waals surface area contributed by atoms with Crippen molar-refractivity contribution in [3.8, 4) is 6.07 Å². The van der Waals surface area contributed by atoms with Crippen molar-refractivity contribution < 1.29 is 4.79 Å². The minimum atomic E-state index is -0.718. The SMILES string of the molecule is N#C[C@H](Cc1ccccc1)C(=O)Nc1ccccn1. The maximum absolute atomic E-state index is 12.0. The van der Waals surface area contributed by atoms with Crippen LogP contribution in [0.2, 0.25) is 0 Å². The maximum atomic E-state index is 12.0. The van der Waals surface area contributed by atoms with Gasteiger partial charge < -0.3 is 5.32 Å². The Labute approximate surface area is 111 Å². The average molecular weight is 251 g/mol. The highest BCUT2D eigenvalue weighted by atomic mass is 16.1. The monoisotopic (exact) mass is 251 g/mol. The number of nitriles is 1. The predicted octanol–water partition coefficient (Wildman–Crippen LogP) is 2.40. The summed E-state index contributed by atoms with van der Waals surface area (Å²) >= 11 is 0. The first-order valence-corrected chi connectivity index (χ1v) is 5.95. The van der Waals surface area contributed by atoms with Crippen LogP contribution < -0.4 is 5.32 Å². The first kappa shape index (κ1) is 12.8. The van der Waals surface area contributed by atoms with E-state index in [1.165, 1.54) is 0 Å². The summed E-state index contributed by atoms with van der Waals surface area (Å²) in [5.74, 6) is -0.588. The first-order valence-electron chi connectivity index (χ1n) is 5.95. The minimum Gasteiger partial charge on any atom is -0.310 e. The summed E-state index contributed by atoms with van der Waals surface area (Å²) in [6, 6.07) is 16.7. The number of anilines is 1. The Morgan fingerprint density at radius 1 is 1.21 bits per heavy atom. The van der Waals surface area contributed by atoms with Crippen molar-refractivity contribution in [1.29, 1.82) is 5.26 Å². The summed E-state index contributed by atoms with van der Waals surface area (Å²) in [7, 11) is 0. The number of carbonyl (C=O) groups is 1. The van der Waals surface area contributed by atoms with E-state index in [0.29, 0.717) is 12.2 Å². The Morgan fingerprint density at radius 3 is 2.58 bits per heavy atom. The zero-order chi connectivity index (χ0) is 13.5. The number of hydrogen-bond donors (Lipinski definition) is 1. The fourth-order valence-corrected chi connectivity index (χ4v) is 1.70. The molecule has 2 aromatic rings. The van der Waals surface area contributed by atoms with Crippen LogP contribution in [0.25, 0.3) is 0 Å². The fourth-order valence-electron chi connectivity index (χ4n) is 1.70. The summed E-state index contributed by atoms with van der Waals surface area (Å²) in [6.45, 7) is 0. The molecule has 0 unspecified atom stereocenters. The van der Waals surface area contributed by atoms with E-state index in [4.69, 9.17) is 5.26 Å². The number of amides is 1. The number of benzene rings is 1. The standard InChI is InChI=1S/C15H13N3O/c16-11-13(10-12-6-2-1-3-7-12)15(19)18-14-8-4-5-9-17-14/h1-9,13H,10H2,(H,17,18,19)/t13-/m0/s1. The molecule has 19 heavy (non-hydrogen) atoms. The number of rotatable bonds is 4. The number of nitrogens with zero attached hydrogens (tertiary/aromatic N) is 2. The smallest absolute Gasteiger partial charge is 0.243 e. The van der Waals surface area contributed by atoms with Crippen LogP contribution in [0.1, 0.15) is 5.56 Å². The molecule has 0 saturated carbocycles. The van der Waals surface area contributed by atoms with Crippen molar-refractivity contribution in [2.45, 2.75) is 6.42 Å². The van der Waals surface area contributed by atoms with Gasteiger partial charge >= 0.3 is 0 Å². The molecule has 1 aromatic carbocycles. The number of nitrogens with one attached hydrogen (secondary N) is 1. The van der Waals surface area contributed by atoms with Gasteiger partial charge in [0, 0.05) is 6.20 Å².